The molecular weight excluding hydrogens is 328 g/mol. The molecule has 0 saturated heterocycles. The van der Waals surface area contributed by atoms with Crippen molar-refractivity contribution in [3.05, 3.63) is 59.2 Å². The van der Waals surface area contributed by atoms with Crippen molar-refractivity contribution in [2.45, 2.75) is 32.6 Å². The highest BCUT2D eigenvalue weighted by Gasteiger charge is 2.12. The largest absolute Gasteiger partial charge is 0.484 e. The molecule has 0 bridgehead atoms. The van der Waals surface area contributed by atoms with Crippen LogP contribution in [0.15, 0.2) is 42.5 Å². The van der Waals surface area contributed by atoms with Gasteiger partial charge in [-0.05, 0) is 67.1 Å². The van der Waals surface area contributed by atoms with Crippen LogP contribution in [0.2, 0.25) is 0 Å². The van der Waals surface area contributed by atoms with Crippen LogP contribution in [-0.4, -0.2) is 25.0 Å². The van der Waals surface area contributed by atoms with E-state index in [0.717, 1.165) is 19.3 Å². The monoisotopic (exact) mass is 352 g/mol. The Kier molecular flexibility index (Phi) is 5.89. The third-order valence-electron chi connectivity index (χ3n) is 4.38. The first kappa shape index (κ1) is 18.0. The number of ether oxygens (including phenoxy) is 1. The molecule has 2 N–H and O–H groups in total. The molecule has 0 fully saturated rings. The lowest BCUT2D eigenvalue weighted by atomic mass is 10.1. The Morgan fingerprint density at radius 3 is 2.77 bits per heavy atom. The van der Waals surface area contributed by atoms with Gasteiger partial charge in [0.05, 0.1) is 0 Å². The molecule has 2 amide bonds. The van der Waals surface area contributed by atoms with Crippen LogP contribution >= 0.6 is 0 Å². The first-order valence-electron chi connectivity index (χ1n) is 9.08. The average molecular weight is 352 g/mol. The average Bonchev–Trinajstić information content (AvgIpc) is 3.12. The third-order valence-corrected chi connectivity index (χ3v) is 4.38. The molecule has 136 valence electrons. The summed E-state index contributed by atoms with van der Waals surface area (Å²) in [5.41, 5.74) is 3.79. The molecule has 0 aromatic heterocycles. The number of anilines is 1. The molecule has 5 nitrogen and oxygen atoms in total. The van der Waals surface area contributed by atoms with Gasteiger partial charge in [0.1, 0.15) is 5.75 Å². The fourth-order valence-corrected chi connectivity index (χ4v) is 3.06. The summed E-state index contributed by atoms with van der Waals surface area (Å²) in [6, 6.07) is 12.9. The Labute approximate surface area is 153 Å². The molecule has 1 aliphatic rings. The number of nitrogens with one attached hydrogen (secondary N) is 2. The predicted octanol–water partition coefficient (Wildman–Crippen LogP) is 3.33. The molecule has 0 spiro atoms. The summed E-state index contributed by atoms with van der Waals surface area (Å²) in [7, 11) is 0. The van der Waals surface area contributed by atoms with E-state index in [9.17, 15) is 9.59 Å². The number of hydrogen-bond acceptors (Lipinski definition) is 3. The normalized spacial score (nSPS) is 12.3. The van der Waals surface area contributed by atoms with Gasteiger partial charge in [-0.25, -0.2) is 0 Å². The maximum atomic E-state index is 12.1. The van der Waals surface area contributed by atoms with E-state index < -0.39 is 0 Å². The molecule has 2 aromatic carbocycles. The highest BCUT2D eigenvalue weighted by molar-refractivity contribution is 5.97. The molecule has 3 rings (SSSR count). The summed E-state index contributed by atoms with van der Waals surface area (Å²) < 4.78 is 5.60. The quantitative estimate of drug-likeness (QED) is 0.803. The molecule has 0 unspecified atom stereocenters. The van der Waals surface area contributed by atoms with Gasteiger partial charge >= 0.3 is 0 Å². The summed E-state index contributed by atoms with van der Waals surface area (Å²) in [5, 5.41) is 5.59. The number of fused-ring (bicyclic) bond motifs is 1. The number of amides is 2. The zero-order chi connectivity index (χ0) is 18.4. The number of rotatable bonds is 7. The number of aryl methyl sites for hydroxylation is 2. The zero-order valence-corrected chi connectivity index (χ0v) is 15.0. The Morgan fingerprint density at radius 1 is 1.08 bits per heavy atom. The standard InChI is InChI=1S/C21H24N2O3/c1-2-11-22-21(25)17-7-4-8-18(12-17)23-20(24)14-26-19-10-9-15-5-3-6-16(15)13-19/h4,7-10,12-13H,2-3,5-6,11,14H2,1H3,(H,22,25)(H,23,24). The Hall–Kier alpha value is -2.82. The maximum Gasteiger partial charge on any atom is 0.262 e. The van der Waals surface area contributed by atoms with Crippen molar-refractivity contribution in [2.24, 2.45) is 0 Å². The molecule has 0 radical (unpaired) electrons. The predicted molar refractivity (Wildman–Crippen MR) is 102 cm³/mol. The number of hydrogen-bond donors (Lipinski definition) is 2. The smallest absolute Gasteiger partial charge is 0.262 e. The van der Waals surface area contributed by atoms with Crippen LogP contribution in [0.25, 0.3) is 0 Å². The van der Waals surface area contributed by atoms with Gasteiger partial charge in [-0.1, -0.05) is 19.1 Å². The van der Waals surface area contributed by atoms with Crippen molar-refractivity contribution in [1.29, 1.82) is 0 Å². The summed E-state index contributed by atoms with van der Waals surface area (Å²) in [6.45, 7) is 2.56. The lowest BCUT2D eigenvalue weighted by Gasteiger charge is -2.10. The second kappa shape index (κ2) is 8.52. The van der Waals surface area contributed by atoms with Crippen molar-refractivity contribution < 1.29 is 14.3 Å². The minimum Gasteiger partial charge on any atom is -0.484 e. The molecule has 0 heterocycles. The van der Waals surface area contributed by atoms with E-state index in [2.05, 4.69) is 16.7 Å². The van der Waals surface area contributed by atoms with E-state index in [4.69, 9.17) is 4.74 Å². The van der Waals surface area contributed by atoms with Crippen LogP contribution < -0.4 is 15.4 Å². The highest BCUT2D eigenvalue weighted by atomic mass is 16.5. The number of benzene rings is 2. The van der Waals surface area contributed by atoms with Crippen molar-refractivity contribution >= 4 is 17.5 Å². The second-order valence-corrected chi connectivity index (χ2v) is 6.46. The van der Waals surface area contributed by atoms with Crippen LogP contribution in [0.1, 0.15) is 41.3 Å². The number of carbonyl (C=O) groups is 2. The molecule has 5 heteroatoms. The maximum absolute atomic E-state index is 12.1. The lowest BCUT2D eigenvalue weighted by molar-refractivity contribution is -0.118. The highest BCUT2D eigenvalue weighted by Crippen LogP contribution is 2.26. The van der Waals surface area contributed by atoms with E-state index in [1.54, 1.807) is 24.3 Å². The minimum absolute atomic E-state index is 0.0644. The summed E-state index contributed by atoms with van der Waals surface area (Å²) >= 11 is 0. The summed E-state index contributed by atoms with van der Waals surface area (Å²) in [5.74, 6) is 0.322. The molecular formula is C21H24N2O3. The van der Waals surface area contributed by atoms with E-state index in [0.29, 0.717) is 23.5 Å². The van der Waals surface area contributed by atoms with E-state index >= 15 is 0 Å². The minimum atomic E-state index is -0.253. The topological polar surface area (TPSA) is 67.4 Å². The van der Waals surface area contributed by atoms with Crippen molar-refractivity contribution in [3.63, 3.8) is 0 Å². The Bertz CT molecular complexity index is 802. The van der Waals surface area contributed by atoms with Crippen LogP contribution in [0.5, 0.6) is 5.75 Å². The van der Waals surface area contributed by atoms with Gasteiger partial charge in [0.25, 0.3) is 11.8 Å². The van der Waals surface area contributed by atoms with E-state index in [1.807, 2.05) is 19.1 Å². The van der Waals surface area contributed by atoms with Crippen molar-refractivity contribution in [1.82, 2.24) is 5.32 Å². The van der Waals surface area contributed by atoms with E-state index in [1.165, 1.54) is 17.5 Å². The van der Waals surface area contributed by atoms with Gasteiger partial charge in [-0.15, -0.1) is 0 Å². The van der Waals surface area contributed by atoms with Gasteiger partial charge in [0.15, 0.2) is 6.61 Å². The molecule has 2 aromatic rings. The van der Waals surface area contributed by atoms with Crippen molar-refractivity contribution in [2.75, 3.05) is 18.5 Å². The lowest BCUT2D eigenvalue weighted by Crippen LogP contribution is -2.24. The summed E-state index contributed by atoms with van der Waals surface area (Å²) in [4.78, 5) is 24.1. The Balaban J connectivity index is 1.54. The first-order chi connectivity index (χ1) is 12.7. The Morgan fingerprint density at radius 2 is 1.92 bits per heavy atom. The van der Waals surface area contributed by atoms with Gasteiger partial charge < -0.3 is 15.4 Å². The van der Waals surface area contributed by atoms with Gasteiger partial charge in [0, 0.05) is 17.8 Å². The first-order valence-corrected chi connectivity index (χ1v) is 9.08. The molecule has 0 atom stereocenters. The van der Waals surface area contributed by atoms with Crippen LogP contribution in [0.4, 0.5) is 5.69 Å². The zero-order valence-electron chi connectivity index (χ0n) is 15.0. The fourth-order valence-electron chi connectivity index (χ4n) is 3.06. The fraction of sp³-hybridized carbons (Fsp3) is 0.333. The van der Waals surface area contributed by atoms with Crippen LogP contribution in [0.3, 0.4) is 0 Å². The molecule has 1 aliphatic carbocycles. The molecule has 26 heavy (non-hydrogen) atoms. The third kappa shape index (κ3) is 4.63. The molecule has 0 saturated carbocycles. The molecule has 0 aliphatic heterocycles. The SMILES string of the molecule is CCCNC(=O)c1cccc(NC(=O)COc2ccc3c(c2)CCC3)c1. The van der Waals surface area contributed by atoms with Gasteiger partial charge in [-0.2, -0.15) is 0 Å². The van der Waals surface area contributed by atoms with Crippen LogP contribution in [-0.2, 0) is 17.6 Å². The van der Waals surface area contributed by atoms with Crippen LogP contribution in [0, 0.1) is 0 Å². The van der Waals surface area contributed by atoms with E-state index in [-0.39, 0.29) is 18.4 Å². The van der Waals surface area contributed by atoms with Crippen molar-refractivity contribution in [3.8, 4) is 5.75 Å². The van der Waals surface area contributed by atoms with Gasteiger partial charge in [-0.3, -0.25) is 9.59 Å². The number of carbonyl (C=O) groups excluding carboxylic acids is 2. The van der Waals surface area contributed by atoms with Gasteiger partial charge in [0.2, 0.25) is 0 Å². The second-order valence-electron chi connectivity index (χ2n) is 6.46. The summed E-state index contributed by atoms with van der Waals surface area (Å²) in [6.07, 6.45) is 4.26.